The van der Waals surface area contributed by atoms with Crippen LogP contribution < -0.4 is 10.6 Å². The van der Waals surface area contributed by atoms with Gasteiger partial charge in [0.1, 0.15) is 5.82 Å². The summed E-state index contributed by atoms with van der Waals surface area (Å²) in [6.07, 6.45) is 3.10. The van der Waals surface area contributed by atoms with Gasteiger partial charge in [0, 0.05) is 45.3 Å². The fraction of sp³-hybridized carbons (Fsp3) is 0.524. The van der Waals surface area contributed by atoms with E-state index in [-0.39, 0.29) is 18.0 Å². The number of amides is 2. The fourth-order valence-electron chi connectivity index (χ4n) is 4.46. The number of rotatable bonds is 6. The number of carbonyl (C=O) groups is 1. The van der Waals surface area contributed by atoms with E-state index in [0.29, 0.717) is 6.61 Å². The molecule has 1 aliphatic carbocycles. The summed E-state index contributed by atoms with van der Waals surface area (Å²) < 4.78 is 7.03. The molecule has 7 nitrogen and oxygen atoms in total. The number of hydrogen-bond donors (Lipinski definition) is 2. The Balaban J connectivity index is 1.46. The second-order valence-electron chi connectivity index (χ2n) is 7.73. The third-order valence-electron chi connectivity index (χ3n) is 5.85. The molecule has 7 heteroatoms. The predicted molar refractivity (Wildman–Crippen MR) is 109 cm³/mol. The number of ether oxygens (including phenoxy) is 1. The van der Waals surface area contributed by atoms with Crippen LogP contribution in [0.5, 0.6) is 0 Å². The molecule has 0 saturated carbocycles. The number of aromatic nitrogens is 2. The second kappa shape index (κ2) is 8.32. The Kier molecular flexibility index (Phi) is 5.64. The number of fused-ring (bicyclic) bond motifs is 1. The molecule has 1 aromatic carbocycles. The van der Waals surface area contributed by atoms with E-state index in [9.17, 15) is 4.79 Å². The molecule has 1 fully saturated rings. The lowest BCUT2D eigenvalue weighted by molar-refractivity contribution is 0.159. The average Bonchev–Trinajstić information content (AvgIpc) is 3.38. The predicted octanol–water partition coefficient (Wildman–Crippen LogP) is 2.14. The smallest absolute Gasteiger partial charge is 0.320 e. The first-order valence-electron chi connectivity index (χ1n) is 10.0. The number of likely N-dealkylation sites (tertiary alicyclic amines) is 1. The van der Waals surface area contributed by atoms with Crippen molar-refractivity contribution in [2.24, 2.45) is 7.05 Å². The number of hydrogen-bond acceptors (Lipinski definition) is 4. The van der Waals surface area contributed by atoms with Gasteiger partial charge in [-0.25, -0.2) is 4.79 Å². The Labute approximate surface area is 166 Å². The number of anilines is 1. The van der Waals surface area contributed by atoms with Gasteiger partial charge in [-0.1, -0.05) is 30.3 Å². The van der Waals surface area contributed by atoms with E-state index in [0.717, 1.165) is 50.4 Å². The van der Waals surface area contributed by atoms with E-state index in [1.165, 1.54) is 11.1 Å². The van der Waals surface area contributed by atoms with Crippen LogP contribution in [-0.4, -0.2) is 60.1 Å². The van der Waals surface area contributed by atoms with Crippen molar-refractivity contribution in [3.8, 4) is 0 Å². The molecule has 150 valence electrons. The molecule has 2 N–H and O–H groups in total. The summed E-state index contributed by atoms with van der Waals surface area (Å²) in [7, 11) is 3.61. The van der Waals surface area contributed by atoms with Gasteiger partial charge in [-0.3, -0.25) is 14.9 Å². The number of nitrogens with zero attached hydrogens (tertiary/aromatic N) is 3. The molecule has 1 aliphatic heterocycles. The van der Waals surface area contributed by atoms with Crippen molar-refractivity contribution in [1.82, 2.24) is 20.0 Å². The lowest BCUT2D eigenvalue weighted by Crippen LogP contribution is -2.42. The van der Waals surface area contributed by atoms with Crippen LogP contribution >= 0.6 is 0 Å². The van der Waals surface area contributed by atoms with Crippen molar-refractivity contribution in [3.63, 3.8) is 0 Å². The molecule has 0 spiro atoms. The molecule has 2 heterocycles. The lowest BCUT2D eigenvalue weighted by atomic mass is 9.94. The van der Waals surface area contributed by atoms with Crippen LogP contribution in [0, 0.1) is 0 Å². The molecular weight excluding hydrogens is 354 g/mol. The van der Waals surface area contributed by atoms with Gasteiger partial charge in [-0.2, -0.15) is 5.10 Å². The highest BCUT2D eigenvalue weighted by Crippen LogP contribution is 2.29. The zero-order valence-electron chi connectivity index (χ0n) is 16.6. The summed E-state index contributed by atoms with van der Waals surface area (Å²) >= 11 is 0. The number of urea groups is 1. The Morgan fingerprint density at radius 1 is 1.25 bits per heavy atom. The third-order valence-corrected chi connectivity index (χ3v) is 5.85. The normalized spacial score (nSPS) is 21.6. The maximum absolute atomic E-state index is 12.8. The van der Waals surface area contributed by atoms with E-state index < -0.39 is 0 Å². The van der Waals surface area contributed by atoms with Gasteiger partial charge in [-0.15, -0.1) is 0 Å². The highest BCUT2D eigenvalue weighted by atomic mass is 16.5. The molecule has 1 unspecified atom stereocenters. The minimum absolute atomic E-state index is 0.0560. The molecule has 1 aromatic heterocycles. The first-order valence-corrected chi connectivity index (χ1v) is 10.0. The molecule has 2 aliphatic rings. The molecule has 28 heavy (non-hydrogen) atoms. The zero-order valence-corrected chi connectivity index (χ0v) is 16.6. The molecule has 2 aromatic rings. The van der Waals surface area contributed by atoms with Gasteiger partial charge < -0.3 is 10.1 Å². The van der Waals surface area contributed by atoms with Crippen LogP contribution in [0.3, 0.4) is 0 Å². The molecular formula is C21H29N5O2. The molecule has 0 radical (unpaired) electrons. The number of nitrogens with one attached hydrogen (secondary N) is 2. The van der Waals surface area contributed by atoms with E-state index in [2.05, 4.69) is 44.9 Å². The fourth-order valence-corrected chi connectivity index (χ4v) is 4.46. The molecule has 4 rings (SSSR count). The number of methoxy groups -OCH3 is 1. The summed E-state index contributed by atoms with van der Waals surface area (Å²) in [5.41, 5.74) is 3.56. The first-order chi connectivity index (χ1) is 13.7. The quantitative estimate of drug-likeness (QED) is 0.802. The van der Waals surface area contributed by atoms with Crippen LogP contribution in [-0.2, 0) is 24.6 Å². The van der Waals surface area contributed by atoms with Crippen LogP contribution in [0.2, 0.25) is 0 Å². The Bertz CT molecular complexity index is 820. The van der Waals surface area contributed by atoms with Crippen molar-refractivity contribution in [2.45, 2.75) is 31.2 Å². The van der Waals surface area contributed by atoms with Crippen LogP contribution in [0.15, 0.2) is 30.3 Å². The van der Waals surface area contributed by atoms with Gasteiger partial charge in [-0.05, 0) is 24.8 Å². The van der Waals surface area contributed by atoms with Crippen LogP contribution in [0.4, 0.5) is 10.6 Å². The minimum Gasteiger partial charge on any atom is -0.383 e. The largest absolute Gasteiger partial charge is 0.383 e. The van der Waals surface area contributed by atoms with Crippen molar-refractivity contribution in [2.75, 3.05) is 38.7 Å². The monoisotopic (exact) mass is 383 g/mol. The van der Waals surface area contributed by atoms with Gasteiger partial charge in [0.05, 0.1) is 18.3 Å². The van der Waals surface area contributed by atoms with Gasteiger partial charge in [0.15, 0.2) is 0 Å². The van der Waals surface area contributed by atoms with Crippen LogP contribution in [0.25, 0.3) is 0 Å². The molecule has 0 bridgehead atoms. The van der Waals surface area contributed by atoms with Crippen molar-refractivity contribution < 1.29 is 9.53 Å². The van der Waals surface area contributed by atoms with E-state index in [1.54, 1.807) is 11.8 Å². The Morgan fingerprint density at radius 2 is 2.07 bits per heavy atom. The van der Waals surface area contributed by atoms with Crippen molar-refractivity contribution in [1.29, 1.82) is 0 Å². The standard InChI is InChI=1S/C21H29N5O2/c1-25-20(16-9-6-10-18(16)24-25)23-21(27)22-19-14-26(11-12-28-2)13-17(19)15-7-4-3-5-8-15/h3-5,7-8,17,19H,6,9-14H2,1-2H3,(H2,22,23,27)/t17?,19-/m1/s1. The number of benzene rings is 1. The highest BCUT2D eigenvalue weighted by Gasteiger charge is 2.35. The van der Waals surface area contributed by atoms with E-state index >= 15 is 0 Å². The second-order valence-corrected chi connectivity index (χ2v) is 7.73. The maximum atomic E-state index is 12.8. The highest BCUT2D eigenvalue weighted by molar-refractivity contribution is 5.89. The molecule has 1 saturated heterocycles. The first kappa shape index (κ1) is 19.0. The van der Waals surface area contributed by atoms with Gasteiger partial charge in [0.25, 0.3) is 0 Å². The number of carbonyl (C=O) groups excluding carboxylic acids is 1. The van der Waals surface area contributed by atoms with E-state index in [4.69, 9.17) is 4.74 Å². The molecule has 2 amide bonds. The third kappa shape index (κ3) is 3.91. The minimum atomic E-state index is -0.155. The van der Waals surface area contributed by atoms with Crippen molar-refractivity contribution >= 4 is 11.8 Å². The van der Waals surface area contributed by atoms with Crippen LogP contribution in [0.1, 0.15) is 29.2 Å². The lowest BCUT2D eigenvalue weighted by Gasteiger charge is -2.21. The SMILES string of the molecule is COCCN1CC(c2ccccc2)[C@H](NC(=O)Nc2c3c(nn2C)CCC3)C1. The summed E-state index contributed by atoms with van der Waals surface area (Å²) in [6.45, 7) is 3.30. The van der Waals surface area contributed by atoms with E-state index in [1.807, 2.05) is 13.1 Å². The maximum Gasteiger partial charge on any atom is 0.320 e. The number of aryl methyl sites for hydroxylation is 2. The average molecular weight is 383 g/mol. The summed E-state index contributed by atoms with van der Waals surface area (Å²) in [5.74, 6) is 1.09. The topological polar surface area (TPSA) is 71.4 Å². The Morgan fingerprint density at radius 3 is 2.86 bits per heavy atom. The summed E-state index contributed by atoms with van der Waals surface area (Å²) in [5, 5.41) is 10.8. The van der Waals surface area contributed by atoms with Gasteiger partial charge in [0.2, 0.25) is 0 Å². The summed E-state index contributed by atoms with van der Waals surface area (Å²) in [6, 6.07) is 10.3. The zero-order chi connectivity index (χ0) is 19.5. The van der Waals surface area contributed by atoms with Crippen molar-refractivity contribution in [3.05, 3.63) is 47.2 Å². The molecule has 2 atom stereocenters. The Hall–Kier alpha value is -2.38. The summed E-state index contributed by atoms with van der Waals surface area (Å²) in [4.78, 5) is 15.2. The van der Waals surface area contributed by atoms with Gasteiger partial charge >= 0.3 is 6.03 Å².